The molecule has 4 aromatic rings. The quantitative estimate of drug-likeness (QED) is 0.505. The molecule has 0 radical (unpaired) electrons. The number of fused-ring (bicyclic) bond motifs is 1. The van der Waals surface area contributed by atoms with Gasteiger partial charge in [-0.2, -0.15) is 19.5 Å². The number of nitrogen functional groups attached to an aromatic ring is 1. The van der Waals surface area contributed by atoms with Crippen molar-refractivity contribution in [1.29, 1.82) is 0 Å². The normalized spacial score (nSPS) is 17.0. The number of benzene rings is 1. The molecule has 1 atom stereocenters. The van der Waals surface area contributed by atoms with Gasteiger partial charge in [-0.25, -0.2) is 0 Å². The van der Waals surface area contributed by atoms with Crippen LogP contribution in [0.5, 0.6) is 0 Å². The standard InChI is InChI=1S/C21H24N8O/c1-14-6-2-3-7-15(14)13-28-10-4-8-16(28)12-23-20-25-19(22)29-21(26-20)24-18(27-29)17-9-5-11-30-17/h2-3,5-7,9,11,16H,4,8,10,12-13H2,1H3,(H3,22,23,24,25,26,27). The molecule has 9 heteroatoms. The maximum absolute atomic E-state index is 6.08. The Morgan fingerprint density at radius 3 is 2.90 bits per heavy atom. The zero-order valence-corrected chi connectivity index (χ0v) is 16.8. The smallest absolute Gasteiger partial charge is 0.259 e. The molecule has 5 rings (SSSR count). The Labute approximate surface area is 174 Å². The van der Waals surface area contributed by atoms with Crippen LogP contribution in [0.3, 0.4) is 0 Å². The van der Waals surface area contributed by atoms with Gasteiger partial charge in [0.15, 0.2) is 5.76 Å². The van der Waals surface area contributed by atoms with Crippen molar-refractivity contribution < 1.29 is 4.42 Å². The van der Waals surface area contributed by atoms with E-state index in [1.807, 2.05) is 0 Å². The Hall–Kier alpha value is -3.46. The molecule has 1 fully saturated rings. The van der Waals surface area contributed by atoms with Gasteiger partial charge in [-0.15, -0.1) is 5.10 Å². The Morgan fingerprint density at radius 2 is 2.07 bits per heavy atom. The van der Waals surface area contributed by atoms with Crippen molar-refractivity contribution >= 4 is 17.7 Å². The van der Waals surface area contributed by atoms with Crippen LogP contribution in [0, 0.1) is 6.92 Å². The van der Waals surface area contributed by atoms with Gasteiger partial charge in [0.1, 0.15) is 0 Å². The third kappa shape index (κ3) is 3.59. The van der Waals surface area contributed by atoms with Gasteiger partial charge in [0.25, 0.3) is 5.78 Å². The van der Waals surface area contributed by atoms with Gasteiger partial charge in [0.2, 0.25) is 17.7 Å². The zero-order valence-electron chi connectivity index (χ0n) is 16.8. The van der Waals surface area contributed by atoms with Crippen LogP contribution in [0.2, 0.25) is 0 Å². The molecule has 0 bridgehead atoms. The van der Waals surface area contributed by atoms with E-state index in [1.54, 1.807) is 18.4 Å². The lowest BCUT2D eigenvalue weighted by Crippen LogP contribution is -2.35. The first-order valence-corrected chi connectivity index (χ1v) is 10.1. The van der Waals surface area contributed by atoms with Crippen LogP contribution in [0.25, 0.3) is 17.4 Å². The largest absolute Gasteiger partial charge is 0.461 e. The van der Waals surface area contributed by atoms with E-state index >= 15 is 0 Å². The second-order valence-corrected chi connectivity index (χ2v) is 7.60. The molecule has 4 heterocycles. The Bertz CT molecular complexity index is 1150. The minimum atomic E-state index is 0.232. The zero-order chi connectivity index (χ0) is 20.5. The van der Waals surface area contributed by atoms with Crippen molar-refractivity contribution in [3.05, 3.63) is 53.8 Å². The van der Waals surface area contributed by atoms with Crippen molar-refractivity contribution in [3.8, 4) is 11.6 Å². The Balaban J connectivity index is 1.30. The molecule has 1 saturated heterocycles. The van der Waals surface area contributed by atoms with Crippen LogP contribution in [-0.4, -0.2) is 48.6 Å². The van der Waals surface area contributed by atoms with Crippen LogP contribution in [0.1, 0.15) is 24.0 Å². The van der Waals surface area contributed by atoms with Crippen molar-refractivity contribution in [2.45, 2.75) is 32.4 Å². The second kappa shape index (κ2) is 7.75. The number of anilines is 2. The molecule has 30 heavy (non-hydrogen) atoms. The SMILES string of the molecule is Cc1ccccc1CN1CCCC1CNc1nc(N)n2nc(-c3ccco3)nc2n1. The predicted octanol–water partition coefficient (Wildman–Crippen LogP) is 2.75. The molecule has 0 spiro atoms. The highest BCUT2D eigenvalue weighted by Gasteiger charge is 2.25. The van der Waals surface area contributed by atoms with Crippen LogP contribution in [0.15, 0.2) is 47.1 Å². The average molecular weight is 404 g/mol. The highest BCUT2D eigenvalue weighted by Crippen LogP contribution is 2.22. The van der Waals surface area contributed by atoms with E-state index in [9.17, 15) is 0 Å². The van der Waals surface area contributed by atoms with Crippen LogP contribution in [-0.2, 0) is 6.54 Å². The summed E-state index contributed by atoms with van der Waals surface area (Å²) >= 11 is 0. The summed E-state index contributed by atoms with van der Waals surface area (Å²) < 4.78 is 6.77. The van der Waals surface area contributed by atoms with Crippen molar-refractivity contribution in [1.82, 2.24) is 29.5 Å². The highest BCUT2D eigenvalue weighted by atomic mass is 16.3. The van der Waals surface area contributed by atoms with Gasteiger partial charge in [-0.05, 0) is 49.6 Å². The molecular weight excluding hydrogens is 380 g/mol. The molecule has 1 aromatic carbocycles. The van der Waals surface area contributed by atoms with E-state index in [0.717, 1.165) is 26.1 Å². The maximum Gasteiger partial charge on any atom is 0.259 e. The fraction of sp³-hybridized carbons (Fsp3) is 0.333. The number of nitrogens with one attached hydrogen (secondary N) is 1. The van der Waals surface area contributed by atoms with Crippen LogP contribution >= 0.6 is 0 Å². The molecule has 1 aliphatic rings. The number of aryl methyl sites for hydroxylation is 1. The number of hydrogen-bond donors (Lipinski definition) is 2. The summed E-state index contributed by atoms with van der Waals surface area (Å²) in [6.07, 6.45) is 3.91. The molecule has 0 amide bonds. The topological polar surface area (TPSA) is 110 Å². The first-order valence-electron chi connectivity index (χ1n) is 10.1. The Kier molecular flexibility index (Phi) is 4.80. The second-order valence-electron chi connectivity index (χ2n) is 7.60. The highest BCUT2D eigenvalue weighted by molar-refractivity contribution is 5.52. The van der Waals surface area contributed by atoms with E-state index in [1.165, 1.54) is 22.1 Å². The van der Waals surface area contributed by atoms with Crippen molar-refractivity contribution in [2.75, 3.05) is 24.1 Å². The number of hydrogen-bond acceptors (Lipinski definition) is 8. The number of aromatic nitrogens is 5. The lowest BCUT2D eigenvalue weighted by atomic mass is 10.1. The van der Waals surface area contributed by atoms with Crippen molar-refractivity contribution in [2.24, 2.45) is 0 Å². The number of nitrogens with zero attached hydrogens (tertiary/aromatic N) is 6. The van der Waals surface area contributed by atoms with E-state index in [-0.39, 0.29) is 5.95 Å². The minimum absolute atomic E-state index is 0.232. The van der Waals surface area contributed by atoms with Crippen LogP contribution < -0.4 is 11.1 Å². The third-order valence-corrected chi connectivity index (χ3v) is 5.60. The first kappa shape index (κ1) is 18.6. The fourth-order valence-electron chi connectivity index (χ4n) is 3.94. The molecule has 3 N–H and O–H groups in total. The Morgan fingerprint density at radius 1 is 1.17 bits per heavy atom. The number of nitrogens with two attached hydrogens (primary N) is 1. The maximum atomic E-state index is 6.08. The molecule has 3 aromatic heterocycles. The average Bonchev–Trinajstić information content (AvgIpc) is 3.49. The third-order valence-electron chi connectivity index (χ3n) is 5.60. The lowest BCUT2D eigenvalue weighted by molar-refractivity contribution is 0.253. The predicted molar refractivity (Wildman–Crippen MR) is 114 cm³/mol. The summed E-state index contributed by atoms with van der Waals surface area (Å²) in [7, 11) is 0. The summed E-state index contributed by atoms with van der Waals surface area (Å²) in [4.78, 5) is 15.8. The van der Waals surface area contributed by atoms with Crippen LogP contribution in [0.4, 0.5) is 11.9 Å². The molecule has 1 aliphatic heterocycles. The van der Waals surface area contributed by atoms with E-state index < -0.39 is 0 Å². The van der Waals surface area contributed by atoms with E-state index in [4.69, 9.17) is 10.2 Å². The van der Waals surface area contributed by atoms with E-state index in [2.05, 4.69) is 61.5 Å². The van der Waals surface area contributed by atoms with Gasteiger partial charge in [-0.1, -0.05) is 24.3 Å². The minimum Gasteiger partial charge on any atom is -0.461 e. The summed E-state index contributed by atoms with van der Waals surface area (Å²) in [6.45, 7) is 4.97. The molecule has 154 valence electrons. The van der Waals surface area contributed by atoms with Crippen molar-refractivity contribution in [3.63, 3.8) is 0 Å². The summed E-state index contributed by atoms with van der Waals surface area (Å²) in [5.41, 5.74) is 8.79. The van der Waals surface area contributed by atoms with Gasteiger partial charge < -0.3 is 15.5 Å². The van der Waals surface area contributed by atoms with Gasteiger partial charge in [-0.3, -0.25) is 4.90 Å². The molecule has 0 saturated carbocycles. The van der Waals surface area contributed by atoms with E-state index in [0.29, 0.717) is 29.4 Å². The van der Waals surface area contributed by atoms with Gasteiger partial charge >= 0.3 is 0 Å². The number of likely N-dealkylation sites (tertiary alicyclic amines) is 1. The van der Waals surface area contributed by atoms with Gasteiger partial charge in [0.05, 0.1) is 6.26 Å². The summed E-state index contributed by atoms with van der Waals surface area (Å²) in [5.74, 6) is 2.07. The lowest BCUT2D eigenvalue weighted by Gasteiger charge is -2.25. The molecule has 9 nitrogen and oxygen atoms in total. The number of furan rings is 1. The summed E-state index contributed by atoms with van der Waals surface area (Å²) in [6, 6.07) is 12.6. The molecule has 1 unspecified atom stereocenters. The molecule has 0 aliphatic carbocycles. The monoisotopic (exact) mass is 404 g/mol. The van der Waals surface area contributed by atoms with Gasteiger partial charge in [0, 0.05) is 19.1 Å². The summed E-state index contributed by atoms with van der Waals surface area (Å²) in [5, 5.41) is 7.67. The number of rotatable bonds is 6. The molecular formula is C21H24N8O. The fourth-order valence-corrected chi connectivity index (χ4v) is 3.94. The first-order chi connectivity index (χ1) is 14.7.